The van der Waals surface area contributed by atoms with E-state index in [1.54, 1.807) is 7.05 Å². The van der Waals surface area contributed by atoms with Crippen molar-refractivity contribution >= 4 is 10.2 Å². The molecule has 0 fully saturated rings. The number of rotatable bonds is 5. The minimum atomic E-state index is -3.44. The van der Waals surface area contributed by atoms with Crippen molar-refractivity contribution in [3.05, 3.63) is 35.4 Å². The molecule has 0 heterocycles. The van der Waals surface area contributed by atoms with Gasteiger partial charge in [-0.05, 0) is 31.5 Å². The van der Waals surface area contributed by atoms with Gasteiger partial charge in [0.15, 0.2) is 0 Å². The van der Waals surface area contributed by atoms with E-state index in [0.29, 0.717) is 6.54 Å². The van der Waals surface area contributed by atoms with E-state index in [-0.39, 0.29) is 12.6 Å². The molecule has 6 heteroatoms. The first kappa shape index (κ1) is 16.7. The third kappa shape index (κ3) is 4.94. The molecule has 0 aliphatic heterocycles. The molecule has 1 rings (SSSR count). The lowest BCUT2D eigenvalue weighted by molar-refractivity contribution is 0.402. The van der Waals surface area contributed by atoms with Crippen molar-refractivity contribution < 1.29 is 8.42 Å². The molecule has 0 radical (unpaired) electrons. The number of nitrogens with one attached hydrogen (secondary N) is 1. The summed E-state index contributed by atoms with van der Waals surface area (Å²) >= 11 is 0. The Morgan fingerprint density at radius 3 is 2.40 bits per heavy atom. The molecular weight excluding hydrogens is 274 g/mol. The topological polar surface area (TPSA) is 75.4 Å². The van der Waals surface area contributed by atoms with Crippen LogP contribution in [-0.2, 0) is 16.8 Å². The summed E-state index contributed by atoms with van der Waals surface area (Å²) in [5.41, 5.74) is 7.04. The highest BCUT2D eigenvalue weighted by Crippen LogP contribution is 2.06. The summed E-state index contributed by atoms with van der Waals surface area (Å²) in [6, 6.07) is 7.30. The van der Waals surface area contributed by atoms with Gasteiger partial charge in [0.05, 0.1) is 6.54 Å². The second-order valence-corrected chi connectivity index (χ2v) is 6.45. The fourth-order valence-electron chi connectivity index (χ4n) is 1.41. The lowest BCUT2D eigenvalue weighted by atomic mass is 10.1. The van der Waals surface area contributed by atoms with E-state index in [2.05, 4.69) is 16.6 Å². The van der Waals surface area contributed by atoms with Crippen molar-refractivity contribution in [1.29, 1.82) is 0 Å². The number of nitrogens with two attached hydrogens (primary N) is 1. The fourth-order valence-corrected chi connectivity index (χ4v) is 2.52. The molecule has 1 aromatic rings. The van der Waals surface area contributed by atoms with Gasteiger partial charge in [0, 0.05) is 25.2 Å². The van der Waals surface area contributed by atoms with Gasteiger partial charge in [-0.1, -0.05) is 24.0 Å². The summed E-state index contributed by atoms with van der Waals surface area (Å²) in [6.07, 6.45) is 0. The Labute approximate surface area is 121 Å². The van der Waals surface area contributed by atoms with Crippen molar-refractivity contribution in [2.75, 3.05) is 13.6 Å². The molecule has 0 atom stereocenters. The smallest absolute Gasteiger partial charge is 0.279 e. The predicted molar refractivity (Wildman–Crippen MR) is 81.0 cm³/mol. The summed E-state index contributed by atoms with van der Waals surface area (Å²) in [5, 5.41) is 0. The lowest BCUT2D eigenvalue weighted by Gasteiger charge is -2.21. The molecule has 20 heavy (non-hydrogen) atoms. The molecule has 0 aromatic heterocycles. The number of hydrogen-bond acceptors (Lipinski definition) is 3. The number of benzene rings is 1. The van der Waals surface area contributed by atoms with Crippen molar-refractivity contribution in [3.63, 3.8) is 0 Å². The van der Waals surface area contributed by atoms with Crippen LogP contribution >= 0.6 is 0 Å². The Bertz CT molecular complexity index is 583. The molecule has 0 spiro atoms. The SMILES string of the molecule is CC(C)N(C)S(=O)(=O)NCc1ccc(C#CCN)cc1. The van der Waals surface area contributed by atoms with Gasteiger partial charge in [0.1, 0.15) is 0 Å². The fraction of sp³-hybridized carbons (Fsp3) is 0.429. The Balaban J connectivity index is 2.67. The van der Waals surface area contributed by atoms with E-state index in [1.807, 2.05) is 38.1 Å². The maximum Gasteiger partial charge on any atom is 0.279 e. The van der Waals surface area contributed by atoms with Gasteiger partial charge in [0.25, 0.3) is 10.2 Å². The van der Waals surface area contributed by atoms with Crippen LogP contribution in [0.3, 0.4) is 0 Å². The highest BCUT2D eigenvalue weighted by atomic mass is 32.2. The third-order valence-electron chi connectivity index (χ3n) is 2.85. The molecule has 1 aromatic carbocycles. The number of nitrogens with zero attached hydrogens (tertiary/aromatic N) is 1. The van der Waals surface area contributed by atoms with E-state index < -0.39 is 10.2 Å². The summed E-state index contributed by atoms with van der Waals surface area (Å²) < 4.78 is 27.7. The molecule has 0 bridgehead atoms. The molecule has 3 N–H and O–H groups in total. The maximum absolute atomic E-state index is 11.9. The molecule has 110 valence electrons. The molecular formula is C14H21N3O2S. The molecule has 0 saturated carbocycles. The van der Waals surface area contributed by atoms with E-state index in [0.717, 1.165) is 11.1 Å². The van der Waals surface area contributed by atoms with Crippen LogP contribution in [0.15, 0.2) is 24.3 Å². The van der Waals surface area contributed by atoms with Crippen LogP contribution in [0.4, 0.5) is 0 Å². The molecule has 0 unspecified atom stereocenters. The largest absolute Gasteiger partial charge is 0.320 e. The molecule has 5 nitrogen and oxygen atoms in total. The van der Waals surface area contributed by atoms with Crippen LogP contribution in [0.1, 0.15) is 25.0 Å². The standard InChI is InChI=1S/C14H21N3O2S/c1-12(2)17(3)20(18,19)16-11-14-8-6-13(7-9-14)5-4-10-15/h6-9,12,16H,10-11,15H2,1-3H3. The maximum atomic E-state index is 11.9. The quantitative estimate of drug-likeness (QED) is 0.784. The monoisotopic (exact) mass is 295 g/mol. The normalized spacial score (nSPS) is 11.5. The van der Waals surface area contributed by atoms with Gasteiger partial charge in [0.2, 0.25) is 0 Å². The zero-order chi connectivity index (χ0) is 15.2. The van der Waals surface area contributed by atoms with Gasteiger partial charge >= 0.3 is 0 Å². The molecule has 0 aliphatic carbocycles. The molecule has 0 saturated heterocycles. The highest BCUT2D eigenvalue weighted by Gasteiger charge is 2.19. The van der Waals surface area contributed by atoms with Crippen molar-refractivity contribution in [3.8, 4) is 11.8 Å². The molecule has 0 amide bonds. The van der Waals surface area contributed by atoms with Crippen LogP contribution in [0.5, 0.6) is 0 Å². The Hall–Kier alpha value is -1.39. The van der Waals surface area contributed by atoms with E-state index in [9.17, 15) is 8.42 Å². The summed E-state index contributed by atoms with van der Waals surface area (Å²) in [7, 11) is -1.89. The van der Waals surface area contributed by atoms with Gasteiger partial charge in [-0.2, -0.15) is 17.4 Å². The van der Waals surface area contributed by atoms with Crippen molar-refractivity contribution in [1.82, 2.24) is 9.03 Å². The van der Waals surface area contributed by atoms with E-state index in [4.69, 9.17) is 5.73 Å². The van der Waals surface area contributed by atoms with Crippen LogP contribution in [0.25, 0.3) is 0 Å². The van der Waals surface area contributed by atoms with Crippen LogP contribution in [0, 0.1) is 11.8 Å². The Morgan fingerprint density at radius 2 is 1.90 bits per heavy atom. The zero-order valence-electron chi connectivity index (χ0n) is 12.1. The average Bonchev–Trinajstić information content (AvgIpc) is 2.43. The predicted octanol–water partition coefficient (Wildman–Crippen LogP) is 0.671. The second kappa shape index (κ2) is 7.41. The lowest BCUT2D eigenvalue weighted by Crippen LogP contribution is -2.41. The first-order valence-electron chi connectivity index (χ1n) is 6.37. The Kier molecular flexibility index (Phi) is 6.17. The van der Waals surface area contributed by atoms with Crippen molar-refractivity contribution in [2.45, 2.75) is 26.4 Å². The van der Waals surface area contributed by atoms with Crippen LogP contribution in [0.2, 0.25) is 0 Å². The van der Waals surface area contributed by atoms with Crippen molar-refractivity contribution in [2.24, 2.45) is 5.73 Å². The highest BCUT2D eigenvalue weighted by molar-refractivity contribution is 7.87. The summed E-state index contributed by atoms with van der Waals surface area (Å²) in [6.45, 7) is 4.22. The first-order valence-corrected chi connectivity index (χ1v) is 7.81. The van der Waals surface area contributed by atoms with Gasteiger partial charge in [-0.15, -0.1) is 0 Å². The van der Waals surface area contributed by atoms with Crippen LogP contribution in [-0.4, -0.2) is 32.4 Å². The van der Waals surface area contributed by atoms with Gasteiger partial charge in [-0.25, -0.2) is 0 Å². The second-order valence-electron chi connectivity index (χ2n) is 4.64. The van der Waals surface area contributed by atoms with Gasteiger partial charge < -0.3 is 5.73 Å². The van der Waals surface area contributed by atoms with Crippen LogP contribution < -0.4 is 10.5 Å². The summed E-state index contributed by atoms with van der Waals surface area (Å²) in [5.74, 6) is 5.68. The minimum Gasteiger partial charge on any atom is -0.320 e. The van der Waals surface area contributed by atoms with E-state index >= 15 is 0 Å². The number of hydrogen-bond donors (Lipinski definition) is 2. The third-order valence-corrected chi connectivity index (χ3v) is 4.54. The average molecular weight is 295 g/mol. The minimum absolute atomic E-state index is 0.0820. The Morgan fingerprint density at radius 1 is 1.30 bits per heavy atom. The van der Waals surface area contributed by atoms with E-state index in [1.165, 1.54) is 4.31 Å². The first-order chi connectivity index (χ1) is 9.36. The summed E-state index contributed by atoms with van der Waals surface area (Å²) in [4.78, 5) is 0. The molecule has 0 aliphatic rings. The van der Waals surface area contributed by atoms with Gasteiger partial charge in [-0.3, -0.25) is 0 Å². The zero-order valence-corrected chi connectivity index (χ0v) is 12.9.